The lowest BCUT2D eigenvalue weighted by Crippen LogP contribution is -2.24. The van der Waals surface area contributed by atoms with Crippen LogP contribution in [0.3, 0.4) is 0 Å². The summed E-state index contributed by atoms with van der Waals surface area (Å²) in [7, 11) is 2.00. The highest BCUT2D eigenvalue weighted by atomic mass is 35.5. The number of benzene rings is 1. The molecule has 1 aliphatic rings. The molecule has 2 unspecified atom stereocenters. The number of ether oxygens (including phenoxy) is 1. The molecule has 2 atom stereocenters. The van der Waals surface area contributed by atoms with E-state index in [9.17, 15) is 0 Å². The van der Waals surface area contributed by atoms with Crippen LogP contribution in [0.15, 0.2) is 24.3 Å². The van der Waals surface area contributed by atoms with Crippen molar-refractivity contribution in [2.24, 2.45) is 5.92 Å². The number of rotatable bonds is 4. The Labute approximate surface area is 102 Å². The molecule has 88 valence electrons. The van der Waals surface area contributed by atoms with E-state index in [1.54, 1.807) is 0 Å². The maximum atomic E-state index is 5.91. The standard InChI is InChI=1S/C13H18ClNO/c1-15-8-13(11-6-7-16-9-11)10-2-4-12(14)5-3-10/h2-5,11,13,15H,6-9H2,1H3. The molecule has 0 radical (unpaired) electrons. The highest BCUT2D eigenvalue weighted by Crippen LogP contribution is 2.30. The van der Waals surface area contributed by atoms with Gasteiger partial charge in [0, 0.05) is 24.1 Å². The van der Waals surface area contributed by atoms with Crippen molar-refractivity contribution in [1.29, 1.82) is 0 Å². The summed E-state index contributed by atoms with van der Waals surface area (Å²) in [6.45, 7) is 2.78. The predicted molar refractivity (Wildman–Crippen MR) is 67.0 cm³/mol. The van der Waals surface area contributed by atoms with E-state index in [-0.39, 0.29) is 0 Å². The Hall–Kier alpha value is -0.570. The topological polar surface area (TPSA) is 21.3 Å². The second-order valence-electron chi connectivity index (χ2n) is 4.34. The maximum Gasteiger partial charge on any atom is 0.0501 e. The van der Waals surface area contributed by atoms with Gasteiger partial charge in [0.2, 0.25) is 0 Å². The zero-order valence-corrected chi connectivity index (χ0v) is 10.3. The molecule has 1 fully saturated rings. The van der Waals surface area contributed by atoms with Crippen LogP contribution in [0.1, 0.15) is 17.9 Å². The van der Waals surface area contributed by atoms with E-state index in [1.165, 1.54) is 5.56 Å². The first-order valence-electron chi connectivity index (χ1n) is 5.79. The Morgan fingerprint density at radius 1 is 1.44 bits per heavy atom. The van der Waals surface area contributed by atoms with Gasteiger partial charge in [-0.2, -0.15) is 0 Å². The predicted octanol–water partition coefficient (Wildman–Crippen LogP) is 2.68. The Morgan fingerprint density at radius 2 is 2.19 bits per heavy atom. The lowest BCUT2D eigenvalue weighted by Gasteiger charge is -2.22. The second-order valence-corrected chi connectivity index (χ2v) is 4.78. The first kappa shape index (κ1) is 11.9. The molecule has 0 amide bonds. The quantitative estimate of drug-likeness (QED) is 0.873. The average molecular weight is 240 g/mol. The van der Waals surface area contributed by atoms with Crippen LogP contribution in [0.5, 0.6) is 0 Å². The van der Waals surface area contributed by atoms with Gasteiger partial charge >= 0.3 is 0 Å². The molecule has 1 aromatic carbocycles. The molecule has 0 aliphatic carbocycles. The maximum absolute atomic E-state index is 5.91. The summed E-state index contributed by atoms with van der Waals surface area (Å²) in [5, 5.41) is 4.07. The molecule has 2 rings (SSSR count). The molecule has 0 bridgehead atoms. The highest BCUT2D eigenvalue weighted by Gasteiger charge is 2.26. The zero-order chi connectivity index (χ0) is 11.4. The van der Waals surface area contributed by atoms with Gasteiger partial charge in [-0.15, -0.1) is 0 Å². The average Bonchev–Trinajstić information content (AvgIpc) is 2.81. The monoisotopic (exact) mass is 239 g/mol. The minimum atomic E-state index is 0.532. The fourth-order valence-electron chi connectivity index (χ4n) is 2.36. The zero-order valence-electron chi connectivity index (χ0n) is 9.58. The first-order chi connectivity index (χ1) is 7.81. The number of hydrogen-bond donors (Lipinski definition) is 1. The van der Waals surface area contributed by atoms with Crippen molar-refractivity contribution in [3.63, 3.8) is 0 Å². The Morgan fingerprint density at radius 3 is 2.75 bits per heavy atom. The normalized spacial score (nSPS) is 22.2. The van der Waals surface area contributed by atoms with Crippen LogP contribution in [0.4, 0.5) is 0 Å². The van der Waals surface area contributed by atoms with Gasteiger partial charge in [0.05, 0.1) is 6.61 Å². The summed E-state index contributed by atoms with van der Waals surface area (Å²) in [4.78, 5) is 0. The van der Waals surface area contributed by atoms with Crippen molar-refractivity contribution in [2.45, 2.75) is 12.3 Å². The van der Waals surface area contributed by atoms with Crippen molar-refractivity contribution < 1.29 is 4.74 Å². The van der Waals surface area contributed by atoms with E-state index < -0.39 is 0 Å². The van der Waals surface area contributed by atoms with Crippen LogP contribution in [0.25, 0.3) is 0 Å². The van der Waals surface area contributed by atoms with E-state index in [0.717, 1.165) is 31.2 Å². The molecule has 0 aromatic heterocycles. The molecule has 2 nitrogen and oxygen atoms in total. The van der Waals surface area contributed by atoms with Crippen molar-refractivity contribution in [3.05, 3.63) is 34.9 Å². The van der Waals surface area contributed by atoms with Crippen LogP contribution in [0.2, 0.25) is 5.02 Å². The van der Waals surface area contributed by atoms with Gasteiger partial charge < -0.3 is 10.1 Å². The SMILES string of the molecule is CNCC(c1ccc(Cl)cc1)C1CCOC1. The summed E-state index contributed by atoms with van der Waals surface area (Å²) in [5.41, 5.74) is 1.36. The third-order valence-corrected chi connectivity index (χ3v) is 3.51. The first-order valence-corrected chi connectivity index (χ1v) is 6.17. The van der Waals surface area contributed by atoms with E-state index in [1.807, 2.05) is 19.2 Å². The van der Waals surface area contributed by atoms with Crippen LogP contribution < -0.4 is 5.32 Å². The minimum absolute atomic E-state index is 0.532. The minimum Gasteiger partial charge on any atom is -0.381 e. The molecule has 0 saturated carbocycles. The van der Waals surface area contributed by atoms with Crippen molar-refractivity contribution in [3.8, 4) is 0 Å². The molecule has 1 heterocycles. The van der Waals surface area contributed by atoms with Gasteiger partial charge in [-0.3, -0.25) is 0 Å². The summed E-state index contributed by atoms with van der Waals surface area (Å²) >= 11 is 5.91. The van der Waals surface area contributed by atoms with E-state index in [4.69, 9.17) is 16.3 Å². The molecule has 1 aliphatic heterocycles. The van der Waals surface area contributed by atoms with Gasteiger partial charge in [0.1, 0.15) is 0 Å². The van der Waals surface area contributed by atoms with Gasteiger partial charge in [0.25, 0.3) is 0 Å². The molecular weight excluding hydrogens is 222 g/mol. The third-order valence-electron chi connectivity index (χ3n) is 3.26. The fraction of sp³-hybridized carbons (Fsp3) is 0.538. The van der Waals surface area contributed by atoms with Gasteiger partial charge in [-0.05, 0) is 37.1 Å². The number of nitrogens with one attached hydrogen (secondary N) is 1. The molecule has 0 spiro atoms. The number of hydrogen-bond acceptors (Lipinski definition) is 2. The van der Waals surface area contributed by atoms with Crippen LogP contribution in [-0.4, -0.2) is 26.8 Å². The van der Waals surface area contributed by atoms with E-state index >= 15 is 0 Å². The van der Waals surface area contributed by atoms with Crippen LogP contribution in [0, 0.1) is 5.92 Å². The number of likely N-dealkylation sites (N-methyl/N-ethyl adjacent to an activating group) is 1. The summed E-state index contributed by atoms with van der Waals surface area (Å²) in [5.74, 6) is 1.17. The summed E-state index contributed by atoms with van der Waals surface area (Å²) in [6, 6.07) is 8.19. The van der Waals surface area contributed by atoms with Gasteiger partial charge in [0.15, 0.2) is 0 Å². The van der Waals surface area contributed by atoms with Crippen LogP contribution in [-0.2, 0) is 4.74 Å². The van der Waals surface area contributed by atoms with Crippen molar-refractivity contribution >= 4 is 11.6 Å². The molecular formula is C13H18ClNO. The Balaban J connectivity index is 2.14. The van der Waals surface area contributed by atoms with E-state index in [2.05, 4.69) is 17.4 Å². The Bertz CT molecular complexity index is 319. The van der Waals surface area contributed by atoms with Crippen LogP contribution >= 0.6 is 11.6 Å². The number of halogens is 1. The lowest BCUT2D eigenvalue weighted by molar-refractivity contribution is 0.180. The van der Waals surface area contributed by atoms with Crippen molar-refractivity contribution in [1.82, 2.24) is 5.32 Å². The fourth-order valence-corrected chi connectivity index (χ4v) is 2.48. The molecule has 1 saturated heterocycles. The molecule has 3 heteroatoms. The largest absolute Gasteiger partial charge is 0.381 e. The van der Waals surface area contributed by atoms with E-state index in [0.29, 0.717) is 11.8 Å². The van der Waals surface area contributed by atoms with Gasteiger partial charge in [-0.1, -0.05) is 23.7 Å². The highest BCUT2D eigenvalue weighted by molar-refractivity contribution is 6.30. The molecule has 1 N–H and O–H groups in total. The third kappa shape index (κ3) is 2.76. The van der Waals surface area contributed by atoms with Crippen molar-refractivity contribution in [2.75, 3.05) is 26.8 Å². The lowest BCUT2D eigenvalue weighted by atomic mass is 9.85. The summed E-state index contributed by atoms with van der Waals surface area (Å²) in [6.07, 6.45) is 1.16. The molecule has 1 aromatic rings. The second kappa shape index (κ2) is 5.67. The van der Waals surface area contributed by atoms with Gasteiger partial charge in [-0.25, -0.2) is 0 Å². The summed E-state index contributed by atoms with van der Waals surface area (Å²) < 4.78 is 5.48. The molecule has 16 heavy (non-hydrogen) atoms. The Kier molecular flexibility index (Phi) is 4.22. The smallest absolute Gasteiger partial charge is 0.0501 e.